The molecular weight excluding hydrogens is 320 g/mol. The van der Waals surface area contributed by atoms with Crippen LogP contribution in [0, 0.1) is 5.92 Å². The van der Waals surface area contributed by atoms with Crippen molar-refractivity contribution in [2.45, 2.75) is 59.3 Å². The van der Waals surface area contributed by atoms with Crippen LogP contribution in [0.15, 0.2) is 6.07 Å². The highest BCUT2D eigenvalue weighted by Crippen LogP contribution is 2.14. The third kappa shape index (κ3) is 5.45. The van der Waals surface area contributed by atoms with Crippen molar-refractivity contribution in [1.82, 2.24) is 25.3 Å². The molecule has 2 rings (SSSR count). The molecule has 1 aliphatic heterocycles. The molecule has 1 aromatic rings. The van der Waals surface area contributed by atoms with Gasteiger partial charge in [-0.2, -0.15) is 5.10 Å². The Kier molecular flexibility index (Phi) is 6.81. The van der Waals surface area contributed by atoms with Gasteiger partial charge in [0.25, 0.3) is 0 Å². The molecule has 1 atom stereocenters. The summed E-state index contributed by atoms with van der Waals surface area (Å²) in [7, 11) is 0. The van der Waals surface area contributed by atoms with Gasteiger partial charge in [0.05, 0.1) is 17.9 Å². The van der Waals surface area contributed by atoms with E-state index in [9.17, 15) is 9.59 Å². The van der Waals surface area contributed by atoms with E-state index in [1.807, 2.05) is 18.5 Å². The van der Waals surface area contributed by atoms with Crippen molar-refractivity contribution in [3.05, 3.63) is 17.5 Å². The number of carbonyl (C=O) groups excluding carboxylic acids is 2. The topological polar surface area (TPSA) is 105 Å². The number of carbonyl (C=O) groups is 2. The maximum absolute atomic E-state index is 12.3. The Morgan fingerprint density at radius 3 is 2.76 bits per heavy atom. The highest BCUT2D eigenvalue weighted by molar-refractivity contribution is 5.86. The normalized spacial score (nSPS) is 16.2. The van der Waals surface area contributed by atoms with Gasteiger partial charge in [-0.05, 0) is 31.4 Å². The molecule has 0 radical (unpaired) electrons. The average Bonchev–Trinajstić information content (AvgIpc) is 2.82. The summed E-state index contributed by atoms with van der Waals surface area (Å²) in [6, 6.07) is 0.719. The van der Waals surface area contributed by atoms with Crippen LogP contribution in [0.25, 0.3) is 0 Å². The van der Waals surface area contributed by atoms with Gasteiger partial charge in [0.1, 0.15) is 6.04 Å². The predicted octanol–water partition coefficient (Wildman–Crippen LogP) is 0.808. The van der Waals surface area contributed by atoms with Gasteiger partial charge >= 0.3 is 6.03 Å². The minimum Gasteiger partial charge on any atom is -0.352 e. The van der Waals surface area contributed by atoms with Gasteiger partial charge in [0.15, 0.2) is 0 Å². The van der Waals surface area contributed by atoms with Crippen molar-refractivity contribution < 1.29 is 9.59 Å². The Morgan fingerprint density at radius 1 is 1.36 bits per heavy atom. The van der Waals surface area contributed by atoms with Gasteiger partial charge < -0.3 is 16.4 Å². The summed E-state index contributed by atoms with van der Waals surface area (Å²) < 4.78 is 2.04. The molecule has 0 aliphatic carbocycles. The molecule has 0 bridgehead atoms. The van der Waals surface area contributed by atoms with Gasteiger partial charge in [0, 0.05) is 19.6 Å². The van der Waals surface area contributed by atoms with E-state index in [-0.39, 0.29) is 11.8 Å². The minimum absolute atomic E-state index is 0.0474. The number of rotatable bonds is 7. The zero-order valence-corrected chi connectivity index (χ0v) is 15.4. The van der Waals surface area contributed by atoms with Crippen molar-refractivity contribution in [1.29, 1.82) is 0 Å². The Balaban J connectivity index is 1.96. The molecule has 25 heavy (non-hydrogen) atoms. The number of nitrogens with two attached hydrogens (primary N) is 1. The molecule has 1 aliphatic rings. The molecule has 1 aromatic heterocycles. The molecule has 2 heterocycles. The Labute approximate surface area is 149 Å². The smallest absolute Gasteiger partial charge is 0.312 e. The van der Waals surface area contributed by atoms with Crippen molar-refractivity contribution in [2.75, 3.05) is 13.1 Å². The lowest BCUT2D eigenvalue weighted by Crippen LogP contribution is -2.51. The molecule has 0 spiro atoms. The van der Waals surface area contributed by atoms with Crippen LogP contribution in [0.3, 0.4) is 0 Å². The number of nitrogens with one attached hydrogen (secondary N) is 2. The first-order valence-corrected chi connectivity index (χ1v) is 9.02. The average molecular weight is 350 g/mol. The van der Waals surface area contributed by atoms with E-state index in [0.29, 0.717) is 6.54 Å². The van der Waals surface area contributed by atoms with Gasteiger partial charge in [-0.15, -0.1) is 0 Å². The van der Waals surface area contributed by atoms with Gasteiger partial charge in [-0.25, -0.2) is 4.79 Å². The highest BCUT2D eigenvalue weighted by Gasteiger charge is 2.23. The Hall–Kier alpha value is -2.09. The third-order valence-electron chi connectivity index (χ3n) is 4.37. The number of fused-ring (bicyclic) bond motifs is 1. The van der Waals surface area contributed by atoms with Crippen LogP contribution >= 0.6 is 0 Å². The molecule has 3 amide bonds. The predicted molar refractivity (Wildman–Crippen MR) is 95.6 cm³/mol. The molecule has 1 unspecified atom stereocenters. The lowest BCUT2D eigenvalue weighted by Gasteiger charge is -2.20. The summed E-state index contributed by atoms with van der Waals surface area (Å²) >= 11 is 0. The van der Waals surface area contributed by atoms with Crippen molar-refractivity contribution >= 4 is 11.9 Å². The van der Waals surface area contributed by atoms with Crippen molar-refractivity contribution in [2.24, 2.45) is 11.7 Å². The molecule has 8 nitrogen and oxygen atoms in total. The monoisotopic (exact) mass is 350 g/mol. The molecule has 140 valence electrons. The second-order valence-corrected chi connectivity index (χ2v) is 6.93. The molecule has 0 aromatic carbocycles. The Bertz CT molecular complexity index is 598. The largest absolute Gasteiger partial charge is 0.352 e. The maximum Gasteiger partial charge on any atom is 0.312 e. The summed E-state index contributed by atoms with van der Waals surface area (Å²) in [5.41, 5.74) is 7.17. The number of aryl methyl sites for hydroxylation is 1. The molecule has 0 saturated carbocycles. The lowest BCUT2D eigenvalue weighted by atomic mass is 10.0. The van der Waals surface area contributed by atoms with Gasteiger partial charge in [0.2, 0.25) is 5.91 Å². The number of hydrogen-bond acceptors (Lipinski definition) is 4. The van der Waals surface area contributed by atoms with Gasteiger partial charge in [-0.3, -0.25) is 14.4 Å². The number of nitrogens with zero attached hydrogens (tertiary/aromatic N) is 3. The quantitative estimate of drug-likeness (QED) is 0.676. The van der Waals surface area contributed by atoms with Crippen LogP contribution in [-0.4, -0.2) is 45.8 Å². The zero-order chi connectivity index (χ0) is 18.4. The first kappa shape index (κ1) is 19.2. The number of hydrogen-bond donors (Lipinski definition) is 3. The number of primary amides is 1. The fourth-order valence-corrected chi connectivity index (χ4v) is 3.16. The first-order chi connectivity index (χ1) is 11.9. The summed E-state index contributed by atoms with van der Waals surface area (Å²) in [6.07, 6.45) is 2.22. The van der Waals surface area contributed by atoms with E-state index < -0.39 is 12.1 Å². The lowest BCUT2D eigenvalue weighted by molar-refractivity contribution is -0.124. The minimum atomic E-state index is -0.696. The second kappa shape index (κ2) is 8.84. The van der Waals surface area contributed by atoms with Crippen LogP contribution in [0.1, 0.15) is 45.0 Å². The van der Waals surface area contributed by atoms with E-state index in [1.54, 1.807) is 0 Å². The molecule has 4 N–H and O–H groups in total. The summed E-state index contributed by atoms with van der Waals surface area (Å²) in [4.78, 5) is 25.8. The molecule has 0 fully saturated rings. The van der Waals surface area contributed by atoms with Crippen LogP contribution in [0.4, 0.5) is 4.79 Å². The highest BCUT2D eigenvalue weighted by atomic mass is 16.2. The summed E-state index contributed by atoms with van der Waals surface area (Å²) in [5.74, 6) is -0.293. The van der Waals surface area contributed by atoms with E-state index >= 15 is 0 Å². The van der Waals surface area contributed by atoms with Crippen molar-refractivity contribution in [3.8, 4) is 0 Å². The van der Waals surface area contributed by atoms with Gasteiger partial charge in [-0.1, -0.05) is 20.8 Å². The fraction of sp³-hybridized carbons (Fsp3) is 0.706. The summed E-state index contributed by atoms with van der Waals surface area (Å²) in [6.45, 7) is 10.2. The van der Waals surface area contributed by atoms with E-state index in [0.717, 1.165) is 44.7 Å². The fourth-order valence-electron chi connectivity index (χ4n) is 3.16. The van der Waals surface area contributed by atoms with E-state index in [1.165, 1.54) is 5.69 Å². The standard InChI is InChI=1S/C17H30N6O2/c1-4-6-22-7-5-8-23-14(11-22)9-13(21-23)10-19-16(24)15(12(2)3)20-17(18)25/h9,12,15H,4-8,10-11H2,1-3H3,(H,19,24)(H3,18,20,25). The second-order valence-electron chi connectivity index (χ2n) is 6.93. The van der Waals surface area contributed by atoms with Crippen LogP contribution in [0.5, 0.6) is 0 Å². The van der Waals surface area contributed by atoms with E-state index in [4.69, 9.17) is 5.73 Å². The zero-order valence-electron chi connectivity index (χ0n) is 15.4. The van der Waals surface area contributed by atoms with Crippen LogP contribution in [0.2, 0.25) is 0 Å². The summed E-state index contributed by atoms with van der Waals surface area (Å²) in [5, 5.41) is 9.94. The third-order valence-corrected chi connectivity index (χ3v) is 4.37. The van der Waals surface area contributed by atoms with Crippen molar-refractivity contribution in [3.63, 3.8) is 0 Å². The number of amides is 3. The first-order valence-electron chi connectivity index (χ1n) is 9.02. The number of urea groups is 1. The molecule has 0 saturated heterocycles. The number of aromatic nitrogens is 2. The Morgan fingerprint density at radius 2 is 2.12 bits per heavy atom. The maximum atomic E-state index is 12.3. The van der Waals surface area contributed by atoms with Crippen LogP contribution in [-0.2, 0) is 24.4 Å². The molecule has 8 heteroatoms. The molecular formula is C17H30N6O2. The van der Waals surface area contributed by atoms with Crippen LogP contribution < -0.4 is 16.4 Å². The van der Waals surface area contributed by atoms with E-state index in [2.05, 4.69) is 33.6 Å². The SMILES string of the molecule is CCCN1CCCn2nc(CNC(=O)C(NC(N)=O)C(C)C)cc2C1.